The first kappa shape index (κ1) is 20.3. The number of nitrogens with one attached hydrogen (secondary N) is 1. The van der Waals surface area contributed by atoms with Crippen molar-refractivity contribution in [3.8, 4) is 0 Å². The fourth-order valence-electron chi connectivity index (χ4n) is 3.36. The van der Waals surface area contributed by atoms with Crippen LogP contribution in [0.15, 0.2) is 24.3 Å². The largest absolute Gasteiger partial charge is 0.442 e. The number of carbonyl (C=O) groups is 2. The summed E-state index contributed by atoms with van der Waals surface area (Å²) in [5.74, 6) is -0.240. The summed E-state index contributed by atoms with van der Waals surface area (Å²) in [7, 11) is 0. The summed E-state index contributed by atoms with van der Waals surface area (Å²) < 4.78 is 5.44. The topological polar surface area (TPSA) is 85.4 Å². The Hall–Kier alpha value is -2.39. The summed E-state index contributed by atoms with van der Waals surface area (Å²) in [5, 5.41) is 12.1. The van der Waals surface area contributed by atoms with Crippen molar-refractivity contribution in [3.63, 3.8) is 0 Å². The normalized spacial score (nSPS) is 19.6. The van der Waals surface area contributed by atoms with Gasteiger partial charge in [-0.3, -0.25) is 9.69 Å². The van der Waals surface area contributed by atoms with Crippen LogP contribution < -0.4 is 15.1 Å². The number of amides is 2. The van der Waals surface area contributed by atoms with E-state index in [1.165, 1.54) is 0 Å². The molecule has 2 aliphatic heterocycles. The van der Waals surface area contributed by atoms with Crippen LogP contribution in [0.5, 0.6) is 0 Å². The van der Waals surface area contributed by atoms with Gasteiger partial charge in [0.2, 0.25) is 5.91 Å². The van der Waals surface area contributed by atoms with Gasteiger partial charge in [-0.15, -0.1) is 0 Å². The molecule has 0 spiro atoms. The quantitative estimate of drug-likeness (QED) is 0.681. The van der Waals surface area contributed by atoms with E-state index in [-0.39, 0.29) is 18.1 Å². The SMILES string of the molecule is CCC(=S)NC[C@H]1CN(c2cccc(N3CCN(C(=O)CO)CC3)c2)C(=O)O1. The standard InChI is InChI=1S/C19H26N4O4S/c1-2-17(28)20-11-16-12-23(19(26)27-16)15-5-3-4-14(10-15)21-6-8-22(9-7-21)18(25)13-24/h3-5,10,16,24H,2,6-9,11-13H2,1H3,(H,20,28)/t16-/m0/s1. The molecule has 0 unspecified atom stereocenters. The molecule has 9 heteroatoms. The monoisotopic (exact) mass is 406 g/mol. The molecule has 2 amide bonds. The molecule has 8 nitrogen and oxygen atoms in total. The number of ether oxygens (including phenoxy) is 1. The molecule has 2 saturated heterocycles. The minimum absolute atomic E-state index is 0.240. The van der Waals surface area contributed by atoms with E-state index < -0.39 is 6.61 Å². The lowest BCUT2D eigenvalue weighted by Crippen LogP contribution is -2.49. The van der Waals surface area contributed by atoms with Crippen molar-refractivity contribution in [1.82, 2.24) is 10.2 Å². The Balaban J connectivity index is 1.61. The zero-order valence-corrected chi connectivity index (χ0v) is 16.8. The molecule has 152 valence electrons. The van der Waals surface area contributed by atoms with Crippen molar-refractivity contribution in [2.24, 2.45) is 0 Å². The van der Waals surface area contributed by atoms with Gasteiger partial charge in [-0.05, 0) is 24.6 Å². The molecule has 2 heterocycles. The summed E-state index contributed by atoms with van der Waals surface area (Å²) in [6.45, 7) is 5.01. The predicted octanol–water partition coefficient (Wildman–Crippen LogP) is 0.980. The average Bonchev–Trinajstić information content (AvgIpc) is 3.12. The number of hydrogen-bond donors (Lipinski definition) is 2. The number of aliphatic hydroxyl groups excluding tert-OH is 1. The molecular weight excluding hydrogens is 380 g/mol. The summed E-state index contributed by atoms with van der Waals surface area (Å²) >= 11 is 5.15. The van der Waals surface area contributed by atoms with Crippen molar-refractivity contribution >= 4 is 40.6 Å². The Morgan fingerprint density at radius 3 is 2.68 bits per heavy atom. The highest BCUT2D eigenvalue weighted by Crippen LogP contribution is 2.27. The summed E-state index contributed by atoms with van der Waals surface area (Å²) in [6.07, 6.45) is 0.164. The van der Waals surface area contributed by atoms with Gasteiger partial charge in [0.1, 0.15) is 12.7 Å². The number of nitrogens with zero attached hydrogens (tertiary/aromatic N) is 3. The minimum atomic E-state index is -0.453. The second kappa shape index (κ2) is 9.20. The number of hydrogen-bond acceptors (Lipinski definition) is 6. The van der Waals surface area contributed by atoms with Crippen LogP contribution in [0.1, 0.15) is 13.3 Å². The first-order chi connectivity index (χ1) is 13.5. The summed E-state index contributed by atoms with van der Waals surface area (Å²) in [5.41, 5.74) is 1.78. The third kappa shape index (κ3) is 4.71. The maximum atomic E-state index is 12.3. The average molecular weight is 407 g/mol. The Kier molecular flexibility index (Phi) is 6.69. The van der Waals surface area contributed by atoms with Crippen LogP contribution in [-0.4, -0.2) is 79.0 Å². The Morgan fingerprint density at radius 2 is 2.00 bits per heavy atom. The molecule has 0 saturated carbocycles. The van der Waals surface area contributed by atoms with E-state index in [1.54, 1.807) is 9.80 Å². The maximum absolute atomic E-state index is 12.3. The lowest BCUT2D eigenvalue weighted by atomic mass is 10.2. The van der Waals surface area contributed by atoms with E-state index in [9.17, 15) is 9.59 Å². The van der Waals surface area contributed by atoms with Gasteiger partial charge in [0.05, 0.1) is 18.1 Å². The molecule has 2 N–H and O–H groups in total. The lowest BCUT2D eigenvalue weighted by Gasteiger charge is -2.36. The number of piperazine rings is 1. The number of anilines is 2. The molecule has 1 atom stereocenters. The molecule has 0 bridgehead atoms. The second-order valence-corrected chi connectivity index (χ2v) is 7.31. The Morgan fingerprint density at radius 1 is 1.29 bits per heavy atom. The number of rotatable bonds is 6. The van der Waals surface area contributed by atoms with Gasteiger partial charge in [0.25, 0.3) is 0 Å². The van der Waals surface area contributed by atoms with Crippen LogP contribution in [0.3, 0.4) is 0 Å². The van der Waals surface area contributed by atoms with Gasteiger partial charge >= 0.3 is 6.09 Å². The van der Waals surface area contributed by atoms with Gasteiger partial charge in [-0.1, -0.05) is 25.2 Å². The van der Waals surface area contributed by atoms with Crippen molar-refractivity contribution in [3.05, 3.63) is 24.3 Å². The van der Waals surface area contributed by atoms with E-state index >= 15 is 0 Å². The van der Waals surface area contributed by atoms with E-state index in [0.29, 0.717) is 39.3 Å². The molecule has 0 aliphatic carbocycles. The van der Waals surface area contributed by atoms with Crippen molar-refractivity contribution < 1.29 is 19.4 Å². The number of cyclic esters (lactones) is 1. The molecular formula is C19H26N4O4S. The molecule has 2 aliphatic rings. The highest BCUT2D eigenvalue weighted by atomic mass is 32.1. The number of aliphatic hydroxyl groups is 1. The van der Waals surface area contributed by atoms with E-state index in [2.05, 4.69) is 10.2 Å². The fourth-order valence-corrected chi connectivity index (χ4v) is 3.45. The van der Waals surface area contributed by atoms with Gasteiger partial charge in [0.15, 0.2) is 0 Å². The first-order valence-electron chi connectivity index (χ1n) is 9.50. The zero-order chi connectivity index (χ0) is 20.1. The second-order valence-electron chi connectivity index (χ2n) is 6.82. The third-order valence-electron chi connectivity index (χ3n) is 5.00. The van der Waals surface area contributed by atoms with Gasteiger partial charge in [-0.2, -0.15) is 0 Å². The van der Waals surface area contributed by atoms with Gasteiger partial charge in [0, 0.05) is 37.6 Å². The van der Waals surface area contributed by atoms with Crippen LogP contribution >= 0.6 is 12.2 Å². The van der Waals surface area contributed by atoms with Crippen LogP contribution in [0.4, 0.5) is 16.2 Å². The van der Waals surface area contributed by atoms with Crippen molar-refractivity contribution in [1.29, 1.82) is 0 Å². The highest BCUT2D eigenvalue weighted by Gasteiger charge is 2.32. The zero-order valence-electron chi connectivity index (χ0n) is 16.0. The van der Waals surface area contributed by atoms with Crippen molar-refractivity contribution in [2.75, 3.05) is 55.7 Å². The molecule has 3 rings (SSSR count). The predicted molar refractivity (Wildman–Crippen MR) is 111 cm³/mol. The van der Waals surface area contributed by atoms with E-state index in [0.717, 1.165) is 22.8 Å². The fraction of sp³-hybridized carbons (Fsp3) is 0.526. The van der Waals surface area contributed by atoms with Gasteiger partial charge in [-0.25, -0.2) is 4.79 Å². The van der Waals surface area contributed by atoms with E-state index in [1.807, 2.05) is 31.2 Å². The summed E-state index contributed by atoms with van der Waals surface area (Å²) in [4.78, 5) is 30.1. The van der Waals surface area contributed by atoms with Crippen LogP contribution in [0, 0.1) is 0 Å². The maximum Gasteiger partial charge on any atom is 0.414 e. The number of thiocarbonyl (C=S) groups is 1. The van der Waals surface area contributed by atoms with Crippen molar-refractivity contribution in [2.45, 2.75) is 19.4 Å². The van der Waals surface area contributed by atoms with Gasteiger partial charge < -0.3 is 25.0 Å². The molecule has 28 heavy (non-hydrogen) atoms. The van der Waals surface area contributed by atoms with Crippen LogP contribution in [0.25, 0.3) is 0 Å². The Bertz CT molecular complexity index is 736. The van der Waals surface area contributed by atoms with Crippen LogP contribution in [0.2, 0.25) is 0 Å². The number of carbonyl (C=O) groups excluding carboxylic acids is 2. The third-order valence-corrected chi connectivity index (χ3v) is 5.43. The minimum Gasteiger partial charge on any atom is -0.442 e. The lowest BCUT2D eigenvalue weighted by molar-refractivity contribution is -0.134. The highest BCUT2D eigenvalue weighted by molar-refractivity contribution is 7.80. The molecule has 1 aromatic carbocycles. The number of benzene rings is 1. The van der Waals surface area contributed by atoms with E-state index in [4.69, 9.17) is 22.1 Å². The molecule has 0 radical (unpaired) electrons. The smallest absolute Gasteiger partial charge is 0.414 e. The summed E-state index contributed by atoms with van der Waals surface area (Å²) in [6, 6.07) is 7.77. The molecule has 0 aromatic heterocycles. The molecule has 2 fully saturated rings. The van der Waals surface area contributed by atoms with Crippen LogP contribution in [-0.2, 0) is 9.53 Å². The molecule has 1 aromatic rings. The first-order valence-corrected chi connectivity index (χ1v) is 9.91. The Labute approximate surface area is 170 Å².